The molecule has 0 fully saturated rings. The highest BCUT2D eigenvalue weighted by molar-refractivity contribution is 9.08. The fraction of sp³-hybridized carbons (Fsp3) is 0.286. The summed E-state index contributed by atoms with van der Waals surface area (Å²) < 4.78 is 15.3. The maximum absolute atomic E-state index is 11.5. The van der Waals surface area contributed by atoms with E-state index in [0.717, 1.165) is 6.92 Å². The number of nitrogens with zero attached hydrogens (tertiary/aromatic N) is 2. The molecule has 0 atom stereocenters. The lowest BCUT2D eigenvalue weighted by Crippen LogP contribution is -2.08. The van der Waals surface area contributed by atoms with Crippen molar-refractivity contribution in [3.8, 4) is 17.4 Å². The zero-order chi connectivity index (χ0) is 17.1. The highest BCUT2D eigenvalue weighted by Crippen LogP contribution is 2.41. The summed E-state index contributed by atoms with van der Waals surface area (Å²) in [6.07, 6.45) is 0. The number of hydrogen-bond donors (Lipinski definition) is 0. The molecule has 2 N–H and O–H groups in total. The summed E-state index contributed by atoms with van der Waals surface area (Å²) in [5, 5.41) is 12.5. The van der Waals surface area contributed by atoms with Crippen molar-refractivity contribution in [2.75, 3.05) is 14.2 Å². The summed E-state index contributed by atoms with van der Waals surface area (Å²) in [5.74, 6) is -0.306. The molecule has 0 spiro atoms. The number of ether oxygens (including phenoxy) is 3. The third-order valence-electron chi connectivity index (χ3n) is 3.08. The minimum atomic E-state index is -0.694. The van der Waals surface area contributed by atoms with Crippen LogP contribution in [-0.2, 0) is 10.1 Å². The Labute approximate surface area is 145 Å². The van der Waals surface area contributed by atoms with Crippen molar-refractivity contribution in [1.29, 1.82) is 0 Å². The topological polar surface area (TPSA) is 132 Å². The van der Waals surface area contributed by atoms with Gasteiger partial charge in [0.15, 0.2) is 11.5 Å². The van der Waals surface area contributed by atoms with E-state index in [-0.39, 0.29) is 16.7 Å². The molecule has 1 aromatic carbocycles. The second kappa shape index (κ2) is 7.88. The summed E-state index contributed by atoms with van der Waals surface area (Å²) in [7, 11) is 2.89. The molecule has 0 radical (unpaired) electrons. The predicted octanol–water partition coefficient (Wildman–Crippen LogP) is 2.16. The molecule has 0 saturated carbocycles. The van der Waals surface area contributed by atoms with Crippen molar-refractivity contribution in [3.05, 3.63) is 27.9 Å². The van der Waals surface area contributed by atoms with Crippen LogP contribution in [0.1, 0.15) is 12.6 Å². The lowest BCUT2D eigenvalue weighted by molar-refractivity contribution is -0.384. The van der Waals surface area contributed by atoms with E-state index in [4.69, 9.17) is 14.2 Å². The van der Waals surface area contributed by atoms with Gasteiger partial charge in [0.25, 0.3) is 0 Å². The van der Waals surface area contributed by atoms with Crippen molar-refractivity contribution in [3.63, 3.8) is 0 Å². The van der Waals surface area contributed by atoms with E-state index in [2.05, 4.69) is 20.9 Å². The Balaban J connectivity index is 0.00000288. The predicted molar refractivity (Wildman–Crippen MR) is 89.1 cm³/mol. The molecule has 1 heterocycles. The molecule has 0 amide bonds. The van der Waals surface area contributed by atoms with Gasteiger partial charge in [-0.15, -0.1) is 0 Å². The van der Waals surface area contributed by atoms with E-state index in [9.17, 15) is 14.9 Å². The number of pyridine rings is 1. The molecule has 2 rings (SSSR count). The van der Waals surface area contributed by atoms with Crippen molar-refractivity contribution in [1.82, 2.24) is 4.98 Å². The molecule has 1 aromatic heterocycles. The minimum absolute atomic E-state index is 0. The Morgan fingerprint density at radius 2 is 1.79 bits per heavy atom. The molecular formula is C14H15BrN2O7. The van der Waals surface area contributed by atoms with Crippen LogP contribution in [0.25, 0.3) is 10.8 Å². The molecular weight excluding hydrogens is 388 g/mol. The van der Waals surface area contributed by atoms with E-state index >= 15 is 0 Å². The summed E-state index contributed by atoms with van der Waals surface area (Å²) in [6.45, 7) is 1.15. The quantitative estimate of drug-likeness (QED) is 0.323. The molecule has 9 nitrogen and oxygen atoms in total. The van der Waals surface area contributed by atoms with Gasteiger partial charge in [-0.3, -0.25) is 14.9 Å². The molecule has 0 saturated heterocycles. The van der Waals surface area contributed by atoms with Gasteiger partial charge in [0.2, 0.25) is 0 Å². The Morgan fingerprint density at radius 1 is 1.25 bits per heavy atom. The zero-order valence-corrected chi connectivity index (χ0v) is 14.7. The largest absolute Gasteiger partial charge is 0.493 e. The number of halogens is 1. The van der Waals surface area contributed by atoms with Crippen molar-refractivity contribution in [2.45, 2.75) is 12.3 Å². The number of alkyl halides is 1. The SMILES string of the molecule is COc1cc2c(CBr)nc(OC(C)=O)c([N+](=O)[O-])c2cc1OC.O. The van der Waals surface area contributed by atoms with Crippen LogP contribution in [0.3, 0.4) is 0 Å². The first-order valence-electron chi connectivity index (χ1n) is 6.40. The summed E-state index contributed by atoms with van der Waals surface area (Å²) >= 11 is 3.28. The number of benzene rings is 1. The second-order valence-electron chi connectivity index (χ2n) is 4.45. The fourth-order valence-corrected chi connectivity index (χ4v) is 2.58. The molecule has 0 aliphatic rings. The van der Waals surface area contributed by atoms with Gasteiger partial charge < -0.3 is 19.7 Å². The number of methoxy groups -OCH3 is 2. The van der Waals surface area contributed by atoms with Crippen molar-refractivity contribution < 1.29 is 29.4 Å². The first-order chi connectivity index (χ1) is 10.9. The lowest BCUT2D eigenvalue weighted by atomic mass is 10.1. The fourth-order valence-electron chi connectivity index (χ4n) is 2.15. The van der Waals surface area contributed by atoms with Crippen molar-refractivity contribution >= 4 is 38.4 Å². The van der Waals surface area contributed by atoms with Crippen LogP contribution >= 0.6 is 15.9 Å². The van der Waals surface area contributed by atoms with Gasteiger partial charge >= 0.3 is 17.5 Å². The van der Waals surface area contributed by atoms with Gasteiger partial charge in [0.1, 0.15) is 0 Å². The minimum Gasteiger partial charge on any atom is -0.493 e. The first kappa shape index (κ1) is 19.6. The monoisotopic (exact) mass is 402 g/mol. The van der Waals surface area contributed by atoms with Crippen LogP contribution in [0, 0.1) is 10.1 Å². The van der Waals surface area contributed by atoms with Crippen LogP contribution < -0.4 is 14.2 Å². The Kier molecular flexibility index (Phi) is 6.43. The van der Waals surface area contributed by atoms with Gasteiger partial charge in [0.05, 0.1) is 30.2 Å². The van der Waals surface area contributed by atoms with E-state index in [1.807, 2.05) is 0 Å². The summed E-state index contributed by atoms with van der Waals surface area (Å²) in [5.41, 5.74) is 0.0728. The number of esters is 1. The number of rotatable bonds is 5. The number of carbonyl (C=O) groups excluding carboxylic acids is 1. The number of nitro groups is 1. The van der Waals surface area contributed by atoms with E-state index in [0.29, 0.717) is 27.9 Å². The summed E-state index contributed by atoms with van der Waals surface area (Å²) in [6, 6.07) is 3.06. The van der Waals surface area contributed by atoms with Gasteiger partial charge in [-0.1, -0.05) is 15.9 Å². The maximum atomic E-state index is 11.5. The average Bonchev–Trinajstić information content (AvgIpc) is 2.51. The molecule has 0 aliphatic heterocycles. The lowest BCUT2D eigenvalue weighted by Gasteiger charge is -2.12. The third kappa shape index (κ3) is 3.54. The molecule has 10 heteroatoms. The number of carbonyl (C=O) groups is 1. The maximum Gasteiger partial charge on any atom is 0.339 e. The Hall–Kier alpha value is -2.46. The third-order valence-corrected chi connectivity index (χ3v) is 3.61. The first-order valence-corrected chi connectivity index (χ1v) is 7.52. The normalized spacial score (nSPS) is 10.0. The van der Waals surface area contributed by atoms with E-state index in [1.54, 1.807) is 6.07 Å². The van der Waals surface area contributed by atoms with Gasteiger partial charge in [0, 0.05) is 17.6 Å². The van der Waals surface area contributed by atoms with Crippen molar-refractivity contribution in [2.24, 2.45) is 0 Å². The number of fused-ring (bicyclic) bond motifs is 1. The van der Waals surface area contributed by atoms with Crippen LogP contribution in [-0.4, -0.2) is 35.6 Å². The zero-order valence-electron chi connectivity index (χ0n) is 13.1. The van der Waals surface area contributed by atoms with E-state index < -0.39 is 16.6 Å². The number of hydrogen-bond acceptors (Lipinski definition) is 7. The molecule has 130 valence electrons. The molecule has 0 bridgehead atoms. The number of aromatic nitrogens is 1. The Bertz CT molecular complexity index is 795. The molecule has 2 aromatic rings. The molecule has 24 heavy (non-hydrogen) atoms. The van der Waals surface area contributed by atoms with Crippen LogP contribution in [0.5, 0.6) is 17.4 Å². The Morgan fingerprint density at radius 3 is 2.21 bits per heavy atom. The van der Waals surface area contributed by atoms with Gasteiger partial charge in [-0.05, 0) is 12.1 Å². The smallest absolute Gasteiger partial charge is 0.339 e. The summed E-state index contributed by atoms with van der Waals surface area (Å²) in [4.78, 5) is 26.1. The molecule has 0 unspecified atom stereocenters. The van der Waals surface area contributed by atoms with Crippen LogP contribution in [0.15, 0.2) is 12.1 Å². The van der Waals surface area contributed by atoms with Gasteiger partial charge in [-0.25, -0.2) is 4.98 Å². The standard InChI is InChI=1S/C14H13BrN2O6.H2O/c1-7(18)23-14-13(17(19)20)9-5-12(22-3)11(21-2)4-8(9)10(6-15)16-14;/h4-5H,6H2,1-3H3;1H2. The van der Waals surface area contributed by atoms with Crippen LogP contribution in [0.4, 0.5) is 5.69 Å². The van der Waals surface area contributed by atoms with Gasteiger partial charge in [-0.2, -0.15) is 0 Å². The van der Waals surface area contributed by atoms with Crippen LogP contribution in [0.2, 0.25) is 0 Å². The highest BCUT2D eigenvalue weighted by atomic mass is 79.9. The molecule has 0 aliphatic carbocycles. The second-order valence-corrected chi connectivity index (χ2v) is 5.01. The average molecular weight is 403 g/mol. The van der Waals surface area contributed by atoms with E-state index in [1.165, 1.54) is 20.3 Å². The highest BCUT2D eigenvalue weighted by Gasteiger charge is 2.27.